The van der Waals surface area contributed by atoms with E-state index in [1.165, 1.54) is 0 Å². The molecule has 1 aliphatic rings. The minimum atomic E-state index is 0.342. The first kappa shape index (κ1) is 7.49. The Labute approximate surface area is 71.6 Å². The maximum absolute atomic E-state index is 4.27. The molecule has 12 heavy (non-hydrogen) atoms. The monoisotopic (exact) mass is 164 g/mol. The van der Waals surface area contributed by atoms with E-state index in [0.29, 0.717) is 6.17 Å². The van der Waals surface area contributed by atoms with Gasteiger partial charge in [-0.2, -0.15) is 0 Å². The summed E-state index contributed by atoms with van der Waals surface area (Å²) >= 11 is 0. The van der Waals surface area contributed by atoms with Crippen molar-refractivity contribution in [1.82, 2.24) is 15.3 Å². The molecule has 0 amide bonds. The van der Waals surface area contributed by atoms with Gasteiger partial charge in [0.1, 0.15) is 0 Å². The van der Waals surface area contributed by atoms with Crippen LogP contribution in [0.1, 0.15) is 12.6 Å². The van der Waals surface area contributed by atoms with Crippen LogP contribution in [0.5, 0.6) is 0 Å². The molecular formula is C8H12N4. The van der Waals surface area contributed by atoms with Crippen molar-refractivity contribution in [2.24, 2.45) is 0 Å². The first-order valence-electron chi connectivity index (χ1n) is 4.05. The van der Waals surface area contributed by atoms with Crippen LogP contribution in [0.4, 0.5) is 5.82 Å². The highest BCUT2D eigenvalue weighted by molar-refractivity contribution is 5.44. The molecule has 0 spiro atoms. The highest BCUT2D eigenvalue weighted by Crippen LogP contribution is 2.18. The summed E-state index contributed by atoms with van der Waals surface area (Å²) in [5, 5.41) is 3.31. The number of nitrogens with one attached hydrogen (secondary N) is 1. The van der Waals surface area contributed by atoms with Crippen molar-refractivity contribution in [1.29, 1.82) is 0 Å². The van der Waals surface area contributed by atoms with Gasteiger partial charge in [0.2, 0.25) is 0 Å². The smallest absolute Gasteiger partial charge is 0.152 e. The van der Waals surface area contributed by atoms with Gasteiger partial charge in [-0.05, 0) is 6.92 Å². The van der Waals surface area contributed by atoms with Gasteiger partial charge in [0.05, 0.1) is 11.9 Å². The van der Waals surface area contributed by atoms with Gasteiger partial charge in [-0.15, -0.1) is 0 Å². The molecule has 1 aromatic heterocycles. The maximum atomic E-state index is 4.27. The van der Waals surface area contributed by atoms with Crippen LogP contribution in [0.15, 0.2) is 12.4 Å². The van der Waals surface area contributed by atoms with Crippen LogP contribution in [0.25, 0.3) is 0 Å². The number of hydrogen-bond donors (Lipinski definition) is 1. The van der Waals surface area contributed by atoms with Crippen LogP contribution in [0.2, 0.25) is 0 Å². The average molecular weight is 164 g/mol. The number of nitrogens with zero attached hydrogens (tertiary/aromatic N) is 3. The molecule has 2 rings (SSSR count). The number of anilines is 1. The summed E-state index contributed by atoms with van der Waals surface area (Å²) in [5.74, 6) is 0.990. The standard InChI is InChI=1S/C8H12N4/c1-6-11-5-7-8(12(6)2)10-4-3-9-7/h3-4,6,11H,5H2,1-2H3. The van der Waals surface area contributed by atoms with Gasteiger partial charge in [-0.1, -0.05) is 0 Å². The van der Waals surface area contributed by atoms with E-state index >= 15 is 0 Å². The Morgan fingerprint density at radius 3 is 3.08 bits per heavy atom. The van der Waals surface area contributed by atoms with Crippen molar-refractivity contribution in [3.05, 3.63) is 18.1 Å². The predicted molar refractivity (Wildman–Crippen MR) is 46.7 cm³/mol. The van der Waals surface area contributed by atoms with E-state index in [2.05, 4.69) is 27.1 Å². The van der Waals surface area contributed by atoms with Crippen LogP contribution < -0.4 is 10.2 Å². The Morgan fingerprint density at radius 2 is 2.25 bits per heavy atom. The second-order valence-corrected chi connectivity index (χ2v) is 2.99. The molecule has 1 aliphatic heterocycles. The van der Waals surface area contributed by atoms with Crippen LogP contribution in [-0.2, 0) is 6.54 Å². The summed E-state index contributed by atoms with van der Waals surface area (Å²) in [6.45, 7) is 2.92. The van der Waals surface area contributed by atoms with Crippen LogP contribution in [0.3, 0.4) is 0 Å². The second kappa shape index (κ2) is 2.71. The fourth-order valence-corrected chi connectivity index (χ4v) is 1.34. The highest BCUT2D eigenvalue weighted by Gasteiger charge is 2.20. The minimum Gasteiger partial charge on any atom is -0.343 e. The summed E-state index contributed by atoms with van der Waals surface area (Å²) in [7, 11) is 2.02. The van der Waals surface area contributed by atoms with Crippen LogP contribution >= 0.6 is 0 Å². The van der Waals surface area contributed by atoms with Gasteiger partial charge < -0.3 is 4.90 Å². The third kappa shape index (κ3) is 1.04. The SMILES string of the molecule is CC1NCc2nccnc2N1C. The number of aromatic nitrogens is 2. The molecule has 1 aromatic rings. The number of hydrogen-bond acceptors (Lipinski definition) is 4. The molecule has 4 nitrogen and oxygen atoms in total. The van der Waals surface area contributed by atoms with E-state index in [4.69, 9.17) is 0 Å². The van der Waals surface area contributed by atoms with E-state index in [-0.39, 0.29) is 0 Å². The Morgan fingerprint density at radius 1 is 1.50 bits per heavy atom. The molecule has 1 N–H and O–H groups in total. The Kier molecular flexibility index (Phi) is 1.69. The van der Waals surface area contributed by atoms with Gasteiger partial charge >= 0.3 is 0 Å². The second-order valence-electron chi connectivity index (χ2n) is 2.99. The Bertz CT molecular complexity index is 286. The van der Waals surface area contributed by atoms with E-state index < -0.39 is 0 Å². The summed E-state index contributed by atoms with van der Waals surface area (Å²) in [4.78, 5) is 10.6. The molecule has 0 aliphatic carbocycles. The summed E-state index contributed by atoms with van der Waals surface area (Å²) in [6, 6.07) is 0. The molecule has 2 heterocycles. The summed E-state index contributed by atoms with van der Waals surface area (Å²) in [6.07, 6.45) is 3.80. The Hall–Kier alpha value is -1.16. The first-order chi connectivity index (χ1) is 5.79. The zero-order valence-corrected chi connectivity index (χ0v) is 7.28. The average Bonchev–Trinajstić information content (AvgIpc) is 2.12. The molecule has 0 fully saturated rings. The summed E-state index contributed by atoms with van der Waals surface area (Å²) in [5.41, 5.74) is 1.03. The normalized spacial score (nSPS) is 22.2. The van der Waals surface area contributed by atoms with Crippen molar-refractivity contribution in [3.63, 3.8) is 0 Å². The fraction of sp³-hybridized carbons (Fsp3) is 0.500. The predicted octanol–water partition coefficient (Wildman–Crippen LogP) is 0.362. The van der Waals surface area contributed by atoms with Gasteiger partial charge in [0.25, 0.3) is 0 Å². The van der Waals surface area contributed by atoms with Gasteiger partial charge in [-0.25, -0.2) is 4.98 Å². The van der Waals surface area contributed by atoms with Crippen LogP contribution in [0, 0.1) is 0 Å². The molecular weight excluding hydrogens is 152 g/mol. The zero-order valence-electron chi connectivity index (χ0n) is 7.28. The third-order valence-electron chi connectivity index (χ3n) is 2.23. The lowest BCUT2D eigenvalue weighted by Crippen LogP contribution is -2.45. The quantitative estimate of drug-likeness (QED) is 0.601. The molecule has 0 radical (unpaired) electrons. The molecule has 0 saturated heterocycles. The van der Waals surface area contributed by atoms with Gasteiger partial charge in [0.15, 0.2) is 5.82 Å². The topological polar surface area (TPSA) is 41.1 Å². The van der Waals surface area contributed by atoms with Crippen molar-refractivity contribution < 1.29 is 0 Å². The van der Waals surface area contributed by atoms with Crippen molar-refractivity contribution >= 4 is 5.82 Å². The molecule has 0 saturated carbocycles. The lowest BCUT2D eigenvalue weighted by atomic mass is 10.3. The number of fused-ring (bicyclic) bond motifs is 1. The maximum Gasteiger partial charge on any atom is 0.152 e. The van der Waals surface area contributed by atoms with E-state index in [9.17, 15) is 0 Å². The van der Waals surface area contributed by atoms with E-state index in [0.717, 1.165) is 18.1 Å². The van der Waals surface area contributed by atoms with Gasteiger partial charge in [-0.3, -0.25) is 10.3 Å². The first-order valence-corrected chi connectivity index (χ1v) is 4.05. The molecule has 1 unspecified atom stereocenters. The number of rotatable bonds is 0. The zero-order chi connectivity index (χ0) is 8.55. The van der Waals surface area contributed by atoms with Crippen LogP contribution in [-0.4, -0.2) is 23.2 Å². The molecule has 4 heteroatoms. The van der Waals surface area contributed by atoms with E-state index in [1.807, 2.05) is 7.05 Å². The molecule has 0 aromatic carbocycles. The lowest BCUT2D eigenvalue weighted by Gasteiger charge is -2.32. The van der Waals surface area contributed by atoms with E-state index in [1.54, 1.807) is 12.4 Å². The highest BCUT2D eigenvalue weighted by atomic mass is 15.3. The molecule has 1 atom stereocenters. The van der Waals surface area contributed by atoms with Crippen molar-refractivity contribution in [3.8, 4) is 0 Å². The molecule has 0 bridgehead atoms. The lowest BCUT2D eigenvalue weighted by molar-refractivity contribution is 0.501. The fourth-order valence-electron chi connectivity index (χ4n) is 1.34. The minimum absolute atomic E-state index is 0.342. The van der Waals surface area contributed by atoms with Gasteiger partial charge in [0, 0.05) is 26.0 Å². The molecule has 64 valence electrons. The van der Waals surface area contributed by atoms with Crippen molar-refractivity contribution in [2.45, 2.75) is 19.6 Å². The van der Waals surface area contributed by atoms with Crippen molar-refractivity contribution in [2.75, 3.05) is 11.9 Å². The summed E-state index contributed by atoms with van der Waals surface area (Å²) < 4.78 is 0. The third-order valence-corrected chi connectivity index (χ3v) is 2.23. The Balaban J connectivity index is 2.42. The largest absolute Gasteiger partial charge is 0.343 e.